The van der Waals surface area contributed by atoms with Crippen molar-refractivity contribution in [2.75, 3.05) is 14.2 Å². The van der Waals surface area contributed by atoms with Gasteiger partial charge in [0.25, 0.3) is 0 Å². The van der Waals surface area contributed by atoms with Crippen LogP contribution in [0.1, 0.15) is 58.9 Å². The SMILES string of the molecule is COc1ccc(C2C(C(=O)OC(C)C)=C(C)NC3=C2C(=O)CC(C)(C)C3)cc1OC. The van der Waals surface area contributed by atoms with Gasteiger partial charge < -0.3 is 19.5 Å². The van der Waals surface area contributed by atoms with Crippen LogP contribution in [0.2, 0.25) is 0 Å². The molecule has 1 aromatic carbocycles. The van der Waals surface area contributed by atoms with E-state index in [9.17, 15) is 9.59 Å². The normalized spacial score (nSPS) is 20.7. The molecule has 162 valence electrons. The Morgan fingerprint density at radius 1 is 1.13 bits per heavy atom. The average Bonchev–Trinajstić information content (AvgIpc) is 2.64. The summed E-state index contributed by atoms with van der Waals surface area (Å²) in [6, 6.07) is 5.52. The number of nitrogens with one attached hydrogen (secondary N) is 1. The van der Waals surface area contributed by atoms with E-state index < -0.39 is 11.9 Å². The minimum atomic E-state index is -0.518. The van der Waals surface area contributed by atoms with Gasteiger partial charge in [0.1, 0.15) is 0 Å². The Labute approximate surface area is 178 Å². The van der Waals surface area contributed by atoms with Gasteiger partial charge in [0.15, 0.2) is 17.3 Å². The number of hydrogen-bond donors (Lipinski definition) is 1. The third kappa shape index (κ3) is 4.09. The highest BCUT2D eigenvalue weighted by molar-refractivity contribution is 6.04. The fraction of sp³-hybridized carbons (Fsp3) is 0.500. The van der Waals surface area contributed by atoms with Gasteiger partial charge in [-0.2, -0.15) is 0 Å². The molecule has 1 heterocycles. The van der Waals surface area contributed by atoms with Gasteiger partial charge in [0.05, 0.1) is 25.9 Å². The Balaban J connectivity index is 2.20. The van der Waals surface area contributed by atoms with Crippen molar-refractivity contribution >= 4 is 11.8 Å². The van der Waals surface area contributed by atoms with Gasteiger partial charge in [-0.05, 0) is 50.3 Å². The molecule has 6 heteroatoms. The van der Waals surface area contributed by atoms with Crippen molar-refractivity contribution < 1.29 is 23.8 Å². The van der Waals surface area contributed by atoms with Crippen molar-refractivity contribution in [2.24, 2.45) is 5.41 Å². The number of hydrogen-bond acceptors (Lipinski definition) is 6. The first-order valence-electron chi connectivity index (χ1n) is 10.2. The van der Waals surface area contributed by atoms with E-state index in [0.29, 0.717) is 34.8 Å². The molecular weight excluding hydrogens is 382 g/mol. The van der Waals surface area contributed by atoms with Crippen LogP contribution >= 0.6 is 0 Å². The molecule has 0 radical (unpaired) electrons. The van der Waals surface area contributed by atoms with Crippen LogP contribution in [0.15, 0.2) is 40.7 Å². The van der Waals surface area contributed by atoms with Crippen LogP contribution in [0.5, 0.6) is 11.5 Å². The quantitative estimate of drug-likeness (QED) is 0.727. The van der Waals surface area contributed by atoms with E-state index in [-0.39, 0.29) is 17.3 Å². The summed E-state index contributed by atoms with van der Waals surface area (Å²) in [6.45, 7) is 9.66. The Hall–Kier alpha value is -2.76. The first-order chi connectivity index (χ1) is 14.1. The van der Waals surface area contributed by atoms with E-state index in [1.54, 1.807) is 20.3 Å². The topological polar surface area (TPSA) is 73.9 Å². The van der Waals surface area contributed by atoms with Crippen molar-refractivity contribution in [1.29, 1.82) is 0 Å². The number of carbonyl (C=O) groups is 2. The van der Waals surface area contributed by atoms with Crippen LogP contribution in [-0.2, 0) is 14.3 Å². The summed E-state index contributed by atoms with van der Waals surface area (Å²) in [6.07, 6.45) is 0.908. The standard InChI is InChI=1S/C24H31NO5/c1-13(2)30-23(27)20-14(3)25-16-11-24(4,5)12-17(26)22(16)21(20)15-8-9-18(28-6)19(10-15)29-7/h8-10,13,21,25H,11-12H2,1-7H3. The molecule has 1 aliphatic heterocycles. The monoisotopic (exact) mass is 413 g/mol. The summed E-state index contributed by atoms with van der Waals surface area (Å²) in [5, 5.41) is 3.34. The molecule has 0 aromatic heterocycles. The predicted octanol–water partition coefficient (Wildman–Crippen LogP) is 4.26. The molecule has 1 atom stereocenters. The number of rotatable bonds is 5. The molecule has 1 aliphatic carbocycles. The molecule has 3 rings (SSSR count). The second kappa shape index (κ2) is 8.17. The third-order valence-corrected chi connectivity index (χ3v) is 5.54. The smallest absolute Gasteiger partial charge is 0.337 e. The molecule has 0 bridgehead atoms. The second-order valence-electron chi connectivity index (χ2n) is 9.00. The lowest BCUT2D eigenvalue weighted by molar-refractivity contribution is -0.143. The van der Waals surface area contributed by atoms with Gasteiger partial charge >= 0.3 is 5.97 Å². The minimum absolute atomic E-state index is 0.0517. The lowest BCUT2D eigenvalue weighted by atomic mass is 9.68. The van der Waals surface area contributed by atoms with E-state index in [2.05, 4.69) is 19.2 Å². The Morgan fingerprint density at radius 2 is 1.80 bits per heavy atom. The van der Waals surface area contributed by atoms with Crippen LogP contribution in [0.3, 0.4) is 0 Å². The number of ketones is 1. The maximum atomic E-state index is 13.3. The molecule has 1 unspecified atom stereocenters. The highest BCUT2D eigenvalue weighted by Gasteiger charge is 2.43. The van der Waals surface area contributed by atoms with Crippen LogP contribution in [-0.4, -0.2) is 32.1 Å². The number of ether oxygens (including phenoxy) is 3. The van der Waals surface area contributed by atoms with Crippen LogP contribution in [0.25, 0.3) is 0 Å². The lowest BCUT2D eigenvalue weighted by Gasteiger charge is -2.39. The second-order valence-corrected chi connectivity index (χ2v) is 9.00. The summed E-state index contributed by atoms with van der Waals surface area (Å²) >= 11 is 0. The van der Waals surface area contributed by atoms with Crippen molar-refractivity contribution in [3.63, 3.8) is 0 Å². The summed E-state index contributed by atoms with van der Waals surface area (Å²) in [5.41, 5.74) is 3.36. The largest absolute Gasteiger partial charge is 0.493 e. The Morgan fingerprint density at radius 3 is 2.40 bits per heavy atom. The lowest BCUT2D eigenvalue weighted by Crippen LogP contribution is -2.39. The molecule has 30 heavy (non-hydrogen) atoms. The van der Waals surface area contributed by atoms with E-state index in [1.165, 1.54) is 0 Å². The number of dihydropyridines is 1. The number of methoxy groups -OCH3 is 2. The molecule has 1 N–H and O–H groups in total. The van der Waals surface area contributed by atoms with Gasteiger partial charge in [0, 0.05) is 29.3 Å². The van der Waals surface area contributed by atoms with Crippen LogP contribution in [0.4, 0.5) is 0 Å². The molecule has 0 spiro atoms. The molecule has 0 saturated carbocycles. The van der Waals surface area contributed by atoms with Crippen LogP contribution < -0.4 is 14.8 Å². The summed E-state index contributed by atoms with van der Waals surface area (Å²) < 4.78 is 16.4. The zero-order valence-electron chi connectivity index (χ0n) is 18.8. The average molecular weight is 414 g/mol. The molecule has 2 aliphatic rings. The number of allylic oxidation sites excluding steroid dienone is 3. The fourth-order valence-corrected chi connectivity index (χ4v) is 4.35. The number of benzene rings is 1. The molecule has 0 fully saturated rings. The highest BCUT2D eigenvalue weighted by Crippen LogP contribution is 2.47. The fourth-order valence-electron chi connectivity index (χ4n) is 4.35. The number of Topliss-reactive ketones (excluding diaryl/α,β-unsaturated/α-hetero) is 1. The predicted molar refractivity (Wildman–Crippen MR) is 114 cm³/mol. The third-order valence-electron chi connectivity index (χ3n) is 5.54. The van der Waals surface area contributed by atoms with Crippen molar-refractivity contribution in [2.45, 2.75) is 59.5 Å². The van der Waals surface area contributed by atoms with E-state index in [1.807, 2.05) is 32.9 Å². The van der Waals surface area contributed by atoms with Crippen LogP contribution in [0, 0.1) is 5.41 Å². The minimum Gasteiger partial charge on any atom is -0.493 e. The van der Waals surface area contributed by atoms with E-state index in [0.717, 1.165) is 17.7 Å². The molecule has 6 nitrogen and oxygen atoms in total. The Kier molecular flexibility index (Phi) is 5.97. The van der Waals surface area contributed by atoms with Gasteiger partial charge in [-0.3, -0.25) is 4.79 Å². The van der Waals surface area contributed by atoms with Crippen molar-refractivity contribution in [1.82, 2.24) is 5.32 Å². The van der Waals surface area contributed by atoms with Gasteiger partial charge in [-0.25, -0.2) is 4.79 Å². The zero-order valence-corrected chi connectivity index (χ0v) is 18.8. The molecule has 0 saturated heterocycles. The van der Waals surface area contributed by atoms with E-state index in [4.69, 9.17) is 14.2 Å². The van der Waals surface area contributed by atoms with Crippen molar-refractivity contribution in [3.05, 3.63) is 46.3 Å². The van der Waals surface area contributed by atoms with Gasteiger partial charge in [0.2, 0.25) is 0 Å². The maximum absolute atomic E-state index is 13.3. The van der Waals surface area contributed by atoms with Gasteiger partial charge in [-0.15, -0.1) is 0 Å². The maximum Gasteiger partial charge on any atom is 0.337 e. The van der Waals surface area contributed by atoms with Gasteiger partial charge in [-0.1, -0.05) is 19.9 Å². The first-order valence-corrected chi connectivity index (χ1v) is 10.2. The molecular formula is C24H31NO5. The molecule has 1 aromatic rings. The number of esters is 1. The highest BCUT2D eigenvalue weighted by atomic mass is 16.5. The van der Waals surface area contributed by atoms with Crippen molar-refractivity contribution in [3.8, 4) is 11.5 Å². The summed E-state index contributed by atoms with van der Waals surface area (Å²) in [4.78, 5) is 26.4. The summed E-state index contributed by atoms with van der Waals surface area (Å²) in [5.74, 6) is 0.256. The first kappa shape index (κ1) is 21.9. The zero-order chi connectivity index (χ0) is 22.2. The Bertz CT molecular complexity index is 939. The number of carbonyl (C=O) groups excluding carboxylic acids is 2. The summed E-state index contributed by atoms with van der Waals surface area (Å²) in [7, 11) is 3.14. The van der Waals surface area contributed by atoms with E-state index >= 15 is 0 Å². The molecule has 0 amide bonds.